The molecule has 1 aromatic carbocycles. The fourth-order valence-electron chi connectivity index (χ4n) is 2.85. The average Bonchev–Trinajstić information content (AvgIpc) is 3.08. The van der Waals surface area contributed by atoms with E-state index in [9.17, 15) is 15.0 Å². The SMILES string of the molecule is CC(C)=C(O)C(O)C/C(C)=C\COc1c2ccoc2cc2oc(=O)ccc12. The smallest absolute Gasteiger partial charge is 0.336 e. The third-order valence-corrected chi connectivity index (χ3v) is 4.31. The highest BCUT2D eigenvalue weighted by Gasteiger charge is 2.14. The lowest BCUT2D eigenvalue weighted by atomic mass is 10.1. The summed E-state index contributed by atoms with van der Waals surface area (Å²) in [5.41, 5.74) is 2.08. The Labute approximate surface area is 156 Å². The van der Waals surface area contributed by atoms with Gasteiger partial charge >= 0.3 is 5.63 Å². The van der Waals surface area contributed by atoms with Crippen LogP contribution >= 0.6 is 0 Å². The molecular weight excluding hydrogens is 348 g/mol. The second-order valence-electron chi connectivity index (χ2n) is 6.67. The summed E-state index contributed by atoms with van der Waals surface area (Å²) in [7, 11) is 0. The average molecular weight is 370 g/mol. The molecule has 0 saturated heterocycles. The normalized spacial score (nSPS) is 13.1. The molecule has 6 nitrogen and oxygen atoms in total. The molecular formula is C21H22O6. The van der Waals surface area contributed by atoms with Gasteiger partial charge in [0.05, 0.1) is 17.0 Å². The van der Waals surface area contributed by atoms with Gasteiger partial charge in [-0.15, -0.1) is 0 Å². The Kier molecular flexibility index (Phi) is 5.37. The Hall–Kier alpha value is -2.99. The zero-order valence-corrected chi connectivity index (χ0v) is 15.5. The molecule has 0 spiro atoms. The van der Waals surface area contributed by atoms with Crippen molar-refractivity contribution in [3.05, 3.63) is 63.9 Å². The van der Waals surface area contributed by atoms with Crippen molar-refractivity contribution >= 4 is 21.9 Å². The van der Waals surface area contributed by atoms with Gasteiger partial charge in [-0.2, -0.15) is 0 Å². The molecule has 1 atom stereocenters. The fourth-order valence-corrected chi connectivity index (χ4v) is 2.85. The number of ether oxygens (including phenoxy) is 1. The molecule has 0 aliphatic heterocycles. The van der Waals surface area contributed by atoms with Crippen LogP contribution in [-0.4, -0.2) is 22.9 Å². The second kappa shape index (κ2) is 7.72. The number of rotatable bonds is 6. The van der Waals surface area contributed by atoms with Crippen LogP contribution in [0.4, 0.5) is 0 Å². The Bertz CT molecular complexity index is 1080. The van der Waals surface area contributed by atoms with Crippen LogP contribution < -0.4 is 10.4 Å². The highest BCUT2D eigenvalue weighted by molar-refractivity contribution is 6.01. The van der Waals surface area contributed by atoms with Crippen LogP contribution in [-0.2, 0) is 0 Å². The first-order valence-electron chi connectivity index (χ1n) is 8.63. The number of furan rings is 1. The van der Waals surface area contributed by atoms with Gasteiger partial charge in [-0.3, -0.25) is 0 Å². The molecule has 27 heavy (non-hydrogen) atoms. The number of benzene rings is 1. The molecule has 0 radical (unpaired) electrons. The van der Waals surface area contributed by atoms with E-state index in [1.165, 1.54) is 6.07 Å². The first-order chi connectivity index (χ1) is 12.9. The molecule has 0 fully saturated rings. The van der Waals surface area contributed by atoms with E-state index in [4.69, 9.17) is 13.6 Å². The zero-order chi connectivity index (χ0) is 19.6. The van der Waals surface area contributed by atoms with Gasteiger partial charge < -0.3 is 23.8 Å². The topological polar surface area (TPSA) is 93.0 Å². The summed E-state index contributed by atoms with van der Waals surface area (Å²) in [6.07, 6.45) is 2.77. The molecule has 2 aromatic heterocycles. The lowest BCUT2D eigenvalue weighted by Gasteiger charge is -2.12. The van der Waals surface area contributed by atoms with Crippen LogP contribution in [0.1, 0.15) is 27.2 Å². The van der Waals surface area contributed by atoms with Crippen molar-refractivity contribution in [1.82, 2.24) is 0 Å². The first kappa shape index (κ1) is 18.8. The van der Waals surface area contributed by atoms with E-state index in [2.05, 4.69) is 0 Å². The number of hydrogen-bond donors (Lipinski definition) is 2. The fraction of sp³-hybridized carbons (Fsp3) is 0.286. The van der Waals surface area contributed by atoms with Crippen LogP contribution in [0.5, 0.6) is 5.75 Å². The maximum absolute atomic E-state index is 11.5. The van der Waals surface area contributed by atoms with Gasteiger partial charge in [-0.25, -0.2) is 4.79 Å². The van der Waals surface area contributed by atoms with Crippen LogP contribution in [0.3, 0.4) is 0 Å². The van der Waals surface area contributed by atoms with E-state index in [1.54, 1.807) is 38.3 Å². The predicted molar refractivity (Wildman–Crippen MR) is 103 cm³/mol. The summed E-state index contributed by atoms with van der Waals surface area (Å²) >= 11 is 0. The number of allylic oxidation sites excluding steroid dienone is 1. The molecule has 3 rings (SSSR count). The van der Waals surface area contributed by atoms with Crippen molar-refractivity contribution in [2.45, 2.75) is 33.3 Å². The van der Waals surface area contributed by atoms with Crippen LogP contribution in [0, 0.1) is 0 Å². The number of fused-ring (bicyclic) bond motifs is 2. The van der Waals surface area contributed by atoms with Crippen molar-refractivity contribution in [1.29, 1.82) is 0 Å². The monoisotopic (exact) mass is 370 g/mol. The second-order valence-corrected chi connectivity index (χ2v) is 6.67. The lowest BCUT2D eigenvalue weighted by Crippen LogP contribution is -2.12. The van der Waals surface area contributed by atoms with Crippen LogP contribution in [0.15, 0.2) is 67.1 Å². The molecule has 0 aliphatic rings. The lowest BCUT2D eigenvalue weighted by molar-refractivity contribution is 0.150. The molecule has 2 N–H and O–H groups in total. The van der Waals surface area contributed by atoms with Gasteiger partial charge in [0.15, 0.2) is 0 Å². The van der Waals surface area contributed by atoms with Gasteiger partial charge in [0, 0.05) is 18.6 Å². The zero-order valence-electron chi connectivity index (χ0n) is 15.5. The highest BCUT2D eigenvalue weighted by Crippen LogP contribution is 2.35. The summed E-state index contributed by atoms with van der Waals surface area (Å²) in [6.45, 7) is 5.61. The van der Waals surface area contributed by atoms with E-state index in [1.807, 2.05) is 13.0 Å². The minimum absolute atomic E-state index is 0.00661. The number of hydrogen-bond acceptors (Lipinski definition) is 6. The Morgan fingerprint density at radius 1 is 1.19 bits per heavy atom. The van der Waals surface area contributed by atoms with Gasteiger partial charge in [0.25, 0.3) is 0 Å². The maximum atomic E-state index is 11.5. The summed E-state index contributed by atoms with van der Waals surface area (Å²) in [4.78, 5) is 11.5. The van der Waals surface area contributed by atoms with Crippen LogP contribution in [0.2, 0.25) is 0 Å². The van der Waals surface area contributed by atoms with E-state index in [0.29, 0.717) is 34.3 Å². The Balaban J connectivity index is 1.83. The van der Waals surface area contributed by atoms with Gasteiger partial charge in [-0.1, -0.05) is 5.57 Å². The minimum Gasteiger partial charge on any atom is -0.510 e. The standard InChI is InChI=1S/C21H22O6/c1-12(2)20(24)16(22)10-13(3)6-8-26-21-14-4-5-19(23)27-18(14)11-17-15(21)7-9-25-17/h4-7,9,11,16,22,24H,8,10H2,1-3H3/b13-6-. The van der Waals surface area contributed by atoms with Crippen molar-refractivity contribution in [2.24, 2.45) is 0 Å². The molecule has 142 valence electrons. The van der Waals surface area contributed by atoms with Crippen molar-refractivity contribution in [3.63, 3.8) is 0 Å². The Morgan fingerprint density at radius 3 is 2.67 bits per heavy atom. The van der Waals surface area contributed by atoms with Gasteiger partial charge in [0.2, 0.25) is 0 Å². The van der Waals surface area contributed by atoms with Gasteiger partial charge in [-0.05, 0) is 44.6 Å². The van der Waals surface area contributed by atoms with E-state index in [-0.39, 0.29) is 12.4 Å². The van der Waals surface area contributed by atoms with Crippen molar-refractivity contribution < 1.29 is 23.8 Å². The summed E-state index contributed by atoms with van der Waals surface area (Å²) in [5.74, 6) is 0.560. The van der Waals surface area contributed by atoms with Crippen LogP contribution in [0.25, 0.3) is 21.9 Å². The predicted octanol–water partition coefficient (Wildman–Crippen LogP) is 4.47. The summed E-state index contributed by atoms with van der Waals surface area (Å²) < 4.78 is 16.6. The van der Waals surface area contributed by atoms with E-state index >= 15 is 0 Å². The molecule has 0 bridgehead atoms. The van der Waals surface area contributed by atoms with Gasteiger partial charge in [0.1, 0.15) is 35.4 Å². The quantitative estimate of drug-likeness (QED) is 0.378. The number of aliphatic hydroxyl groups excluding tert-OH is 2. The molecule has 1 unspecified atom stereocenters. The number of aliphatic hydroxyl groups is 2. The maximum Gasteiger partial charge on any atom is 0.336 e. The first-order valence-corrected chi connectivity index (χ1v) is 8.63. The van der Waals surface area contributed by atoms with Crippen molar-refractivity contribution in [2.75, 3.05) is 6.61 Å². The molecule has 3 aromatic rings. The molecule has 0 aliphatic carbocycles. The minimum atomic E-state index is -0.932. The van der Waals surface area contributed by atoms with E-state index < -0.39 is 11.7 Å². The molecule has 6 heteroatoms. The molecule has 0 amide bonds. The third kappa shape index (κ3) is 4.06. The largest absolute Gasteiger partial charge is 0.510 e. The Morgan fingerprint density at radius 2 is 1.93 bits per heavy atom. The molecule has 0 saturated carbocycles. The molecule has 2 heterocycles. The third-order valence-electron chi connectivity index (χ3n) is 4.31. The van der Waals surface area contributed by atoms with E-state index in [0.717, 1.165) is 11.0 Å². The summed E-state index contributed by atoms with van der Waals surface area (Å²) in [6, 6.07) is 6.47. The highest BCUT2D eigenvalue weighted by atomic mass is 16.5. The summed E-state index contributed by atoms with van der Waals surface area (Å²) in [5, 5.41) is 21.3. The van der Waals surface area contributed by atoms with Crippen molar-refractivity contribution in [3.8, 4) is 5.75 Å².